The molecule has 15 heavy (non-hydrogen) atoms. The molecule has 1 aromatic rings. The third-order valence-corrected chi connectivity index (χ3v) is 3.48. The Hall–Kier alpha value is -0.830. The van der Waals surface area contributed by atoms with Crippen LogP contribution in [0.2, 0.25) is 0 Å². The third-order valence-electron chi connectivity index (χ3n) is 3.48. The molecule has 84 valence electrons. The summed E-state index contributed by atoms with van der Waals surface area (Å²) >= 11 is 0. The van der Waals surface area contributed by atoms with E-state index in [4.69, 9.17) is 5.73 Å². The number of nitrogens with zero attached hydrogens (tertiary/aromatic N) is 2. The number of imidazole rings is 1. The number of hydrogen-bond acceptors (Lipinski definition) is 2. The Morgan fingerprint density at radius 3 is 3.00 bits per heavy atom. The van der Waals surface area contributed by atoms with Crippen molar-refractivity contribution in [2.75, 3.05) is 6.54 Å². The molecule has 0 spiro atoms. The number of hydrogen-bond donors (Lipinski definition) is 1. The molecule has 0 radical (unpaired) electrons. The summed E-state index contributed by atoms with van der Waals surface area (Å²) in [5.41, 5.74) is 7.39. The van der Waals surface area contributed by atoms with Crippen molar-refractivity contribution in [3.8, 4) is 0 Å². The summed E-state index contributed by atoms with van der Waals surface area (Å²) in [6.45, 7) is 5.42. The van der Waals surface area contributed by atoms with Crippen LogP contribution in [-0.2, 0) is 6.42 Å². The van der Waals surface area contributed by atoms with Gasteiger partial charge in [0.1, 0.15) is 0 Å². The van der Waals surface area contributed by atoms with Gasteiger partial charge in [-0.15, -0.1) is 0 Å². The zero-order valence-corrected chi connectivity index (χ0v) is 9.74. The van der Waals surface area contributed by atoms with Crippen molar-refractivity contribution in [2.45, 2.75) is 45.6 Å². The highest BCUT2D eigenvalue weighted by Gasteiger charge is 2.32. The molecule has 0 amide bonds. The Morgan fingerprint density at radius 1 is 1.60 bits per heavy atom. The Labute approximate surface area is 91.7 Å². The van der Waals surface area contributed by atoms with E-state index in [1.807, 2.05) is 12.5 Å². The molecule has 0 aliphatic heterocycles. The van der Waals surface area contributed by atoms with Gasteiger partial charge in [0.2, 0.25) is 0 Å². The van der Waals surface area contributed by atoms with E-state index in [0.29, 0.717) is 18.0 Å². The standard InChI is InChI=1S/C12H21N3/c1-12(2)5-3-10(7-12)15-9-14-8-11(15)4-6-13/h8-10H,3-7,13H2,1-2H3. The van der Waals surface area contributed by atoms with Crippen LogP contribution in [0.4, 0.5) is 0 Å². The summed E-state index contributed by atoms with van der Waals surface area (Å²) in [6.07, 6.45) is 8.73. The van der Waals surface area contributed by atoms with Crippen LogP contribution >= 0.6 is 0 Å². The second-order valence-corrected chi connectivity index (χ2v) is 5.39. The van der Waals surface area contributed by atoms with E-state index < -0.39 is 0 Å². The first kappa shape index (κ1) is 10.7. The fourth-order valence-electron chi connectivity index (χ4n) is 2.64. The van der Waals surface area contributed by atoms with Gasteiger partial charge in [-0.3, -0.25) is 0 Å². The van der Waals surface area contributed by atoms with Crippen molar-refractivity contribution < 1.29 is 0 Å². The van der Waals surface area contributed by atoms with Crippen LogP contribution in [-0.4, -0.2) is 16.1 Å². The predicted octanol–water partition coefficient (Wildman–Crippen LogP) is 2.14. The van der Waals surface area contributed by atoms with Crippen molar-refractivity contribution in [1.82, 2.24) is 9.55 Å². The van der Waals surface area contributed by atoms with Gasteiger partial charge < -0.3 is 10.3 Å². The molecule has 1 aliphatic carbocycles. The molecule has 3 heteroatoms. The van der Waals surface area contributed by atoms with Crippen molar-refractivity contribution in [1.29, 1.82) is 0 Å². The molecule has 1 unspecified atom stereocenters. The summed E-state index contributed by atoms with van der Waals surface area (Å²) in [6, 6.07) is 0.643. The molecule has 1 heterocycles. The minimum Gasteiger partial charge on any atom is -0.331 e. The third kappa shape index (κ3) is 2.23. The summed E-state index contributed by atoms with van der Waals surface area (Å²) in [7, 11) is 0. The molecule has 1 saturated carbocycles. The van der Waals surface area contributed by atoms with Crippen LogP contribution < -0.4 is 5.73 Å². The van der Waals surface area contributed by atoms with Crippen molar-refractivity contribution in [3.05, 3.63) is 18.2 Å². The molecule has 1 aliphatic rings. The Morgan fingerprint density at radius 2 is 2.40 bits per heavy atom. The highest BCUT2D eigenvalue weighted by molar-refractivity contribution is 5.03. The summed E-state index contributed by atoms with van der Waals surface area (Å²) in [5.74, 6) is 0. The molecule has 1 atom stereocenters. The average molecular weight is 207 g/mol. The van der Waals surface area contributed by atoms with Crippen LogP contribution in [0.15, 0.2) is 12.5 Å². The predicted molar refractivity (Wildman–Crippen MR) is 61.7 cm³/mol. The quantitative estimate of drug-likeness (QED) is 0.825. The molecule has 0 aromatic carbocycles. The molecule has 1 aromatic heterocycles. The average Bonchev–Trinajstić information content (AvgIpc) is 2.72. The van der Waals surface area contributed by atoms with E-state index in [9.17, 15) is 0 Å². The van der Waals surface area contributed by atoms with Crippen LogP contribution in [0.3, 0.4) is 0 Å². The van der Waals surface area contributed by atoms with Crippen LogP contribution in [0.5, 0.6) is 0 Å². The molecule has 3 nitrogen and oxygen atoms in total. The topological polar surface area (TPSA) is 43.8 Å². The van der Waals surface area contributed by atoms with Crippen molar-refractivity contribution >= 4 is 0 Å². The van der Waals surface area contributed by atoms with Crippen LogP contribution in [0.1, 0.15) is 44.8 Å². The smallest absolute Gasteiger partial charge is 0.0950 e. The van der Waals surface area contributed by atoms with E-state index in [-0.39, 0.29) is 0 Å². The highest BCUT2D eigenvalue weighted by atomic mass is 15.1. The van der Waals surface area contributed by atoms with E-state index in [0.717, 1.165) is 6.42 Å². The minimum absolute atomic E-state index is 0.495. The first-order valence-corrected chi connectivity index (χ1v) is 5.83. The molecule has 2 rings (SSSR count). The summed E-state index contributed by atoms with van der Waals surface area (Å²) in [4.78, 5) is 4.24. The van der Waals surface area contributed by atoms with Gasteiger partial charge in [-0.25, -0.2) is 4.98 Å². The van der Waals surface area contributed by atoms with E-state index >= 15 is 0 Å². The first-order chi connectivity index (χ1) is 7.12. The van der Waals surface area contributed by atoms with E-state index in [1.54, 1.807) is 0 Å². The van der Waals surface area contributed by atoms with Gasteiger partial charge in [-0.05, 0) is 31.2 Å². The number of nitrogens with two attached hydrogens (primary N) is 1. The SMILES string of the molecule is CC1(C)CCC(n2cncc2CCN)C1. The maximum absolute atomic E-state index is 5.60. The summed E-state index contributed by atoms with van der Waals surface area (Å²) in [5, 5.41) is 0. The Balaban J connectivity index is 2.13. The lowest BCUT2D eigenvalue weighted by Crippen LogP contribution is -2.13. The zero-order chi connectivity index (χ0) is 10.9. The second-order valence-electron chi connectivity index (χ2n) is 5.39. The normalized spacial score (nSPS) is 24.6. The maximum atomic E-state index is 5.60. The Bertz CT molecular complexity index is 327. The van der Waals surface area contributed by atoms with Gasteiger partial charge in [-0.2, -0.15) is 0 Å². The van der Waals surface area contributed by atoms with Gasteiger partial charge in [0.25, 0.3) is 0 Å². The molecular formula is C12H21N3. The van der Waals surface area contributed by atoms with Crippen LogP contribution in [0, 0.1) is 5.41 Å². The second kappa shape index (κ2) is 3.97. The maximum Gasteiger partial charge on any atom is 0.0950 e. The molecule has 2 N–H and O–H groups in total. The van der Waals surface area contributed by atoms with Gasteiger partial charge in [-0.1, -0.05) is 13.8 Å². The fourth-order valence-corrected chi connectivity index (χ4v) is 2.64. The highest BCUT2D eigenvalue weighted by Crippen LogP contribution is 2.43. The molecule has 1 fully saturated rings. The first-order valence-electron chi connectivity index (χ1n) is 5.83. The van der Waals surface area contributed by atoms with Gasteiger partial charge in [0.05, 0.1) is 6.33 Å². The van der Waals surface area contributed by atoms with Gasteiger partial charge in [0.15, 0.2) is 0 Å². The molecule has 0 saturated heterocycles. The van der Waals surface area contributed by atoms with Gasteiger partial charge >= 0.3 is 0 Å². The monoisotopic (exact) mass is 207 g/mol. The molecule has 0 bridgehead atoms. The van der Waals surface area contributed by atoms with Gasteiger partial charge in [0, 0.05) is 24.4 Å². The summed E-state index contributed by atoms with van der Waals surface area (Å²) < 4.78 is 2.33. The number of aromatic nitrogens is 2. The number of rotatable bonds is 3. The lowest BCUT2D eigenvalue weighted by Gasteiger charge is -2.19. The minimum atomic E-state index is 0.495. The molecular weight excluding hydrogens is 186 g/mol. The van der Waals surface area contributed by atoms with E-state index in [2.05, 4.69) is 23.4 Å². The lowest BCUT2D eigenvalue weighted by molar-refractivity contribution is 0.356. The van der Waals surface area contributed by atoms with Crippen LogP contribution in [0.25, 0.3) is 0 Å². The Kier molecular flexibility index (Phi) is 2.83. The van der Waals surface area contributed by atoms with E-state index in [1.165, 1.54) is 25.0 Å². The largest absolute Gasteiger partial charge is 0.331 e. The fraction of sp³-hybridized carbons (Fsp3) is 0.750. The van der Waals surface area contributed by atoms with Crippen molar-refractivity contribution in [3.63, 3.8) is 0 Å². The van der Waals surface area contributed by atoms with Crippen molar-refractivity contribution in [2.24, 2.45) is 11.1 Å². The lowest BCUT2D eigenvalue weighted by atomic mass is 9.92. The zero-order valence-electron chi connectivity index (χ0n) is 9.74.